The molecule has 5 heteroatoms. The van der Waals surface area contributed by atoms with Crippen LogP contribution in [0.3, 0.4) is 0 Å². The lowest BCUT2D eigenvalue weighted by Gasteiger charge is -2.13. The first-order valence-electron chi connectivity index (χ1n) is 6.54. The molecule has 21 heavy (non-hydrogen) atoms. The highest BCUT2D eigenvalue weighted by atomic mass is 16.5. The number of hydrogen-bond acceptors (Lipinski definition) is 5. The van der Waals surface area contributed by atoms with Gasteiger partial charge in [0.1, 0.15) is 5.76 Å². The summed E-state index contributed by atoms with van der Waals surface area (Å²) in [5.41, 5.74) is 1.89. The normalized spacial score (nSPS) is 11.5. The molecule has 0 aliphatic rings. The highest BCUT2D eigenvalue weighted by Gasteiger charge is 2.15. The number of nitrogens with one attached hydrogen (secondary N) is 1. The van der Waals surface area contributed by atoms with Gasteiger partial charge in [-0.2, -0.15) is 5.26 Å². The highest BCUT2D eigenvalue weighted by molar-refractivity contribution is 5.86. The molecule has 1 atom stereocenters. The first-order chi connectivity index (χ1) is 10.1. The second-order valence-electron chi connectivity index (χ2n) is 4.59. The topological polar surface area (TPSA) is 75.3 Å². The van der Waals surface area contributed by atoms with Gasteiger partial charge in [-0.1, -0.05) is 12.1 Å². The van der Waals surface area contributed by atoms with Crippen LogP contribution in [0.15, 0.2) is 40.8 Å². The Hall–Kier alpha value is -2.74. The molecule has 1 aromatic heterocycles. The summed E-state index contributed by atoms with van der Waals surface area (Å²) >= 11 is 0. The van der Waals surface area contributed by atoms with Crippen LogP contribution in [0.4, 0.5) is 5.69 Å². The molecule has 1 heterocycles. The maximum absolute atomic E-state index is 11.3. The predicted molar refractivity (Wildman–Crippen MR) is 77.8 cm³/mol. The Morgan fingerprint density at radius 3 is 2.67 bits per heavy atom. The third-order valence-electron chi connectivity index (χ3n) is 3.06. The third-order valence-corrected chi connectivity index (χ3v) is 3.06. The van der Waals surface area contributed by atoms with E-state index in [2.05, 4.69) is 16.1 Å². The monoisotopic (exact) mass is 284 g/mol. The number of carbonyl (C=O) groups excluding carboxylic acids is 1. The van der Waals surface area contributed by atoms with Gasteiger partial charge in [0.2, 0.25) is 5.76 Å². The molecule has 0 amide bonds. The molecule has 1 unspecified atom stereocenters. The van der Waals surface area contributed by atoms with Crippen molar-refractivity contribution < 1.29 is 13.9 Å². The number of rotatable bonds is 5. The van der Waals surface area contributed by atoms with E-state index in [1.807, 2.05) is 31.2 Å². The first-order valence-corrected chi connectivity index (χ1v) is 6.54. The van der Waals surface area contributed by atoms with E-state index >= 15 is 0 Å². The molecule has 108 valence electrons. The largest absolute Gasteiger partial charge is 0.463 e. The Balaban J connectivity index is 2.03. The molecule has 1 aromatic carbocycles. The first kappa shape index (κ1) is 14.7. The van der Waals surface area contributed by atoms with Crippen molar-refractivity contribution in [1.29, 1.82) is 5.26 Å². The average Bonchev–Trinajstić information content (AvgIpc) is 2.99. The molecule has 0 aliphatic heterocycles. The lowest BCUT2D eigenvalue weighted by Crippen LogP contribution is -2.06. The van der Waals surface area contributed by atoms with Crippen molar-refractivity contribution in [1.82, 2.24) is 0 Å². The lowest BCUT2D eigenvalue weighted by molar-refractivity contribution is 0.0562. The van der Waals surface area contributed by atoms with Crippen LogP contribution in [-0.2, 0) is 11.2 Å². The summed E-state index contributed by atoms with van der Waals surface area (Å²) in [4.78, 5) is 11.3. The van der Waals surface area contributed by atoms with E-state index in [1.165, 1.54) is 7.11 Å². The van der Waals surface area contributed by atoms with Crippen LogP contribution in [0.5, 0.6) is 0 Å². The fourth-order valence-corrected chi connectivity index (χ4v) is 1.93. The zero-order chi connectivity index (χ0) is 15.2. The van der Waals surface area contributed by atoms with E-state index < -0.39 is 5.97 Å². The molecule has 1 N–H and O–H groups in total. The zero-order valence-electron chi connectivity index (χ0n) is 11.9. The van der Waals surface area contributed by atoms with Crippen molar-refractivity contribution in [2.45, 2.75) is 19.4 Å². The van der Waals surface area contributed by atoms with Crippen LogP contribution in [0, 0.1) is 11.3 Å². The highest BCUT2D eigenvalue weighted by Crippen LogP contribution is 2.22. The fourth-order valence-electron chi connectivity index (χ4n) is 1.93. The van der Waals surface area contributed by atoms with Gasteiger partial charge in [-0.3, -0.25) is 0 Å². The fraction of sp³-hybridized carbons (Fsp3) is 0.250. The quantitative estimate of drug-likeness (QED) is 0.852. The van der Waals surface area contributed by atoms with Gasteiger partial charge in [0.25, 0.3) is 0 Å². The van der Waals surface area contributed by atoms with E-state index in [4.69, 9.17) is 9.68 Å². The molecule has 0 aliphatic carbocycles. The van der Waals surface area contributed by atoms with Gasteiger partial charge in [-0.25, -0.2) is 4.79 Å². The molecule has 0 radical (unpaired) electrons. The molecule has 0 saturated carbocycles. The third kappa shape index (κ3) is 3.63. The van der Waals surface area contributed by atoms with E-state index in [0.29, 0.717) is 12.2 Å². The van der Waals surface area contributed by atoms with Crippen molar-refractivity contribution in [2.75, 3.05) is 12.4 Å². The maximum atomic E-state index is 11.3. The van der Waals surface area contributed by atoms with Gasteiger partial charge in [0.15, 0.2) is 0 Å². The Bertz CT molecular complexity index is 653. The minimum absolute atomic E-state index is 0.0924. The standard InChI is InChI=1S/C16H16N2O3/c1-11(14-7-8-15(21-14)16(19)20-2)18-13-5-3-12(4-6-13)9-10-17/h3-8,11,18H,9H2,1-2H3. The maximum Gasteiger partial charge on any atom is 0.373 e. The van der Waals surface area contributed by atoms with Crippen molar-refractivity contribution in [3.63, 3.8) is 0 Å². The van der Waals surface area contributed by atoms with Crippen molar-refractivity contribution in [2.24, 2.45) is 0 Å². The molecule has 0 spiro atoms. The smallest absolute Gasteiger partial charge is 0.373 e. The number of methoxy groups -OCH3 is 1. The summed E-state index contributed by atoms with van der Waals surface area (Å²) in [5.74, 6) is 0.344. The van der Waals surface area contributed by atoms with E-state index in [0.717, 1.165) is 11.3 Å². The molecule has 2 rings (SSSR count). The second-order valence-corrected chi connectivity index (χ2v) is 4.59. The van der Waals surface area contributed by atoms with Crippen LogP contribution in [0.1, 0.15) is 34.8 Å². The van der Waals surface area contributed by atoms with Crippen LogP contribution in [0.25, 0.3) is 0 Å². The number of nitriles is 1. The number of nitrogens with zero attached hydrogens (tertiary/aromatic N) is 1. The summed E-state index contributed by atoms with van der Waals surface area (Å²) in [6, 6.07) is 13.0. The van der Waals surface area contributed by atoms with Crippen molar-refractivity contribution in [3.05, 3.63) is 53.5 Å². The Labute approximate surface area is 123 Å². The Morgan fingerprint density at radius 2 is 2.05 bits per heavy atom. The van der Waals surface area contributed by atoms with Gasteiger partial charge < -0.3 is 14.5 Å². The van der Waals surface area contributed by atoms with E-state index in [-0.39, 0.29) is 11.8 Å². The molecule has 0 fully saturated rings. The van der Waals surface area contributed by atoms with Gasteiger partial charge in [0, 0.05) is 5.69 Å². The Morgan fingerprint density at radius 1 is 1.33 bits per heavy atom. The number of carbonyl (C=O) groups is 1. The van der Waals surface area contributed by atoms with E-state index in [1.54, 1.807) is 12.1 Å². The molecule has 0 bridgehead atoms. The SMILES string of the molecule is COC(=O)c1ccc(C(C)Nc2ccc(CC#N)cc2)o1. The van der Waals surface area contributed by atoms with Crippen LogP contribution in [-0.4, -0.2) is 13.1 Å². The predicted octanol–water partition coefficient (Wildman–Crippen LogP) is 3.31. The molecular formula is C16H16N2O3. The number of benzene rings is 1. The van der Waals surface area contributed by atoms with Crippen molar-refractivity contribution >= 4 is 11.7 Å². The second kappa shape index (κ2) is 6.62. The minimum Gasteiger partial charge on any atom is -0.463 e. The summed E-state index contributed by atoms with van der Waals surface area (Å²) < 4.78 is 10.1. The summed E-state index contributed by atoms with van der Waals surface area (Å²) in [6.07, 6.45) is 0.399. The van der Waals surface area contributed by atoms with Crippen LogP contribution < -0.4 is 5.32 Å². The van der Waals surface area contributed by atoms with Crippen LogP contribution in [0.2, 0.25) is 0 Å². The van der Waals surface area contributed by atoms with E-state index in [9.17, 15) is 4.79 Å². The number of esters is 1. The zero-order valence-corrected chi connectivity index (χ0v) is 11.9. The average molecular weight is 284 g/mol. The Kier molecular flexibility index (Phi) is 4.62. The molecule has 5 nitrogen and oxygen atoms in total. The number of furan rings is 1. The van der Waals surface area contributed by atoms with Gasteiger partial charge in [-0.15, -0.1) is 0 Å². The van der Waals surface area contributed by atoms with Gasteiger partial charge in [0.05, 0.1) is 25.6 Å². The van der Waals surface area contributed by atoms with Gasteiger partial charge >= 0.3 is 5.97 Å². The summed E-state index contributed by atoms with van der Waals surface area (Å²) in [5, 5.41) is 11.9. The molecule has 2 aromatic rings. The molecule has 0 saturated heterocycles. The number of anilines is 1. The van der Waals surface area contributed by atoms with Crippen molar-refractivity contribution in [3.8, 4) is 6.07 Å². The summed E-state index contributed by atoms with van der Waals surface area (Å²) in [6.45, 7) is 1.93. The van der Waals surface area contributed by atoms with Gasteiger partial charge in [-0.05, 0) is 36.8 Å². The van der Waals surface area contributed by atoms with Crippen LogP contribution >= 0.6 is 0 Å². The lowest BCUT2D eigenvalue weighted by atomic mass is 10.1. The minimum atomic E-state index is -0.491. The number of ether oxygens (including phenoxy) is 1. The summed E-state index contributed by atoms with van der Waals surface area (Å²) in [7, 11) is 1.31. The number of hydrogen-bond donors (Lipinski definition) is 1. The molecular weight excluding hydrogens is 268 g/mol.